The summed E-state index contributed by atoms with van der Waals surface area (Å²) in [5.74, 6) is 0. The fourth-order valence-corrected chi connectivity index (χ4v) is 2.51. The van der Waals surface area contributed by atoms with Crippen LogP contribution >= 0.6 is 0 Å². The van der Waals surface area contributed by atoms with Gasteiger partial charge in [0.25, 0.3) is 0 Å². The van der Waals surface area contributed by atoms with E-state index < -0.39 is 18.6 Å². The van der Waals surface area contributed by atoms with Gasteiger partial charge in [0, 0.05) is 12.5 Å². The van der Waals surface area contributed by atoms with Crippen molar-refractivity contribution in [3.05, 3.63) is 34.9 Å². The molecule has 1 nitrogen and oxygen atoms in total. The number of rotatable bonds is 4. The molecule has 100 valence electrons. The third kappa shape index (κ3) is 3.73. The second-order valence-corrected chi connectivity index (χ2v) is 5.07. The molecule has 1 aromatic carbocycles. The first kappa shape index (κ1) is 13.4. The van der Waals surface area contributed by atoms with Crippen molar-refractivity contribution in [2.24, 2.45) is 5.73 Å². The van der Waals surface area contributed by atoms with E-state index in [1.54, 1.807) is 0 Å². The Hall–Kier alpha value is -1.03. The standard InChI is InChI=1S/C14H18F3N/c15-14(16,17)7-6-13(18)9-10-4-5-11-2-1-3-12(11)8-10/h4-5,8,13H,1-3,6-7,9,18H2. The summed E-state index contributed by atoms with van der Waals surface area (Å²) in [5, 5.41) is 0. The molecule has 0 amide bonds. The minimum absolute atomic E-state index is 0.000580. The molecule has 0 heterocycles. The van der Waals surface area contributed by atoms with Crippen molar-refractivity contribution < 1.29 is 13.2 Å². The Kier molecular flexibility index (Phi) is 3.95. The van der Waals surface area contributed by atoms with E-state index in [0.29, 0.717) is 6.42 Å². The Morgan fingerprint density at radius 1 is 1.17 bits per heavy atom. The molecule has 2 rings (SSSR count). The second-order valence-electron chi connectivity index (χ2n) is 5.07. The van der Waals surface area contributed by atoms with E-state index in [1.165, 1.54) is 17.5 Å². The van der Waals surface area contributed by atoms with Crippen molar-refractivity contribution in [1.82, 2.24) is 0 Å². The van der Waals surface area contributed by atoms with Gasteiger partial charge >= 0.3 is 6.18 Å². The molecule has 0 radical (unpaired) electrons. The molecule has 1 atom stereocenters. The molecule has 1 unspecified atom stereocenters. The van der Waals surface area contributed by atoms with Crippen LogP contribution in [-0.4, -0.2) is 12.2 Å². The third-order valence-corrected chi connectivity index (χ3v) is 3.46. The van der Waals surface area contributed by atoms with Crippen LogP contribution in [0.25, 0.3) is 0 Å². The smallest absolute Gasteiger partial charge is 0.327 e. The highest BCUT2D eigenvalue weighted by atomic mass is 19.4. The number of nitrogens with two attached hydrogens (primary N) is 1. The van der Waals surface area contributed by atoms with Gasteiger partial charge in [0.2, 0.25) is 0 Å². The molecule has 18 heavy (non-hydrogen) atoms. The molecule has 0 fully saturated rings. The molecule has 0 spiro atoms. The number of alkyl halides is 3. The van der Waals surface area contributed by atoms with Crippen molar-refractivity contribution in [2.75, 3.05) is 0 Å². The fraction of sp³-hybridized carbons (Fsp3) is 0.571. The van der Waals surface area contributed by atoms with Crippen molar-refractivity contribution in [3.63, 3.8) is 0 Å². The van der Waals surface area contributed by atoms with Gasteiger partial charge in [0.15, 0.2) is 0 Å². The average Bonchev–Trinajstić information content (AvgIpc) is 2.72. The van der Waals surface area contributed by atoms with E-state index in [2.05, 4.69) is 12.1 Å². The topological polar surface area (TPSA) is 26.0 Å². The lowest BCUT2D eigenvalue weighted by molar-refractivity contribution is -0.136. The lowest BCUT2D eigenvalue weighted by atomic mass is 9.99. The summed E-state index contributed by atoms with van der Waals surface area (Å²) in [6.45, 7) is 0. The summed E-state index contributed by atoms with van der Waals surface area (Å²) in [5.41, 5.74) is 9.54. The van der Waals surface area contributed by atoms with Gasteiger partial charge in [-0.25, -0.2) is 0 Å². The number of hydrogen-bond donors (Lipinski definition) is 1. The molecular formula is C14H18F3N. The van der Waals surface area contributed by atoms with Crippen LogP contribution in [0.15, 0.2) is 18.2 Å². The minimum Gasteiger partial charge on any atom is -0.327 e. The van der Waals surface area contributed by atoms with Crippen LogP contribution in [0.3, 0.4) is 0 Å². The van der Waals surface area contributed by atoms with E-state index in [4.69, 9.17) is 5.73 Å². The Balaban J connectivity index is 1.89. The fourth-order valence-electron chi connectivity index (χ4n) is 2.51. The van der Waals surface area contributed by atoms with Gasteiger partial charge < -0.3 is 5.73 Å². The van der Waals surface area contributed by atoms with Crippen molar-refractivity contribution in [2.45, 2.75) is 50.7 Å². The lowest BCUT2D eigenvalue weighted by Crippen LogP contribution is -2.25. The molecule has 0 bridgehead atoms. The van der Waals surface area contributed by atoms with Crippen LogP contribution in [0.4, 0.5) is 13.2 Å². The normalized spacial score (nSPS) is 16.7. The molecular weight excluding hydrogens is 239 g/mol. The third-order valence-electron chi connectivity index (χ3n) is 3.46. The van der Waals surface area contributed by atoms with Crippen LogP contribution in [0, 0.1) is 0 Å². The van der Waals surface area contributed by atoms with Crippen LogP contribution in [0.5, 0.6) is 0 Å². The SMILES string of the molecule is NC(CCC(F)(F)F)Cc1ccc2c(c1)CCC2. The minimum atomic E-state index is -4.10. The number of fused-ring (bicyclic) bond motifs is 1. The number of benzene rings is 1. The number of halogens is 3. The van der Waals surface area contributed by atoms with Gasteiger partial charge in [-0.1, -0.05) is 18.2 Å². The zero-order valence-electron chi connectivity index (χ0n) is 10.3. The zero-order valence-corrected chi connectivity index (χ0v) is 10.3. The summed E-state index contributed by atoms with van der Waals surface area (Å²) in [6.07, 6.45) is -0.978. The quantitative estimate of drug-likeness (QED) is 0.879. The molecule has 4 heteroatoms. The summed E-state index contributed by atoms with van der Waals surface area (Å²) in [4.78, 5) is 0. The van der Waals surface area contributed by atoms with Gasteiger partial charge in [0.05, 0.1) is 0 Å². The van der Waals surface area contributed by atoms with Gasteiger partial charge in [-0.15, -0.1) is 0 Å². The Labute approximate surface area is 105 Å². The summed E-state index contributed by atoms with van der Waals surface area (Å²) in [6, 6.07) is 5.78. The Bertz CT molecular complexity index is 412. The van der Waals surface area contributed by atoms with Gasteiger partial charge in [-0.05, 0) is 48.8 Å². The first-order chi connectivity index (χ1) is 8.44. The molecule has 2 N–H and O–H groups in total. The highest BCUT2D eigenvalue weighted by Crippen LogP contribution is 2.25. The first-order valence-corrected chi connectivity index (χ1v) is 6.37. The van der Waals surface area contributed by atoms with Crippen LogP contribution < -0.4 is 5.73 Å². The monoisotopic (exact) mass is 257 g/mol. The highest BCUT2D eigenvalue weighted by Gasteiger charge is 2.27. The second kappa shape index (κ2) is 5.31. The molecule has 0 aliphatic heterocycles. The summed E-state index contributed by atoms with van der Waals surface area (Å²) < 4.78 is 36.2. The van der Waals surface area contributed by atoms with Gasteiger partial charge in [-0.2, -0.15) is 13.2 Å². The van der Waals surface area contributed by atoms with Gasteiger partial charge in [-0.3, -0.25) is 0 Å². The molecule has 1 aliphatic carbocycles. The molecule has 1 aromatic rings. The Morgan fingerprint density at radius 3 is 2.61 bits per heavy atom. The number of aryl methyl sites for hydroxylation is 2. The predicted molar refractivity (Wildman–Crippen MR) is 65.4 cm³/mol. The van der Waals surface area contributed by atoms with Gasteiger partial charge in [0.1, 0.15) is 0 Å². The molecule has 0 saturated carbocycles. The lowest BCUT2D eigenvalue weighted by Gasteiger charge is -2.14. The largest absolute Gasteiger partial charge is 0.389 e. The molecule has 0 saturated heterocycles. The van der Waals surface area contributed by atoms with E-state index in [9.17, 15) is 13.2 Å². The predicted octanol–water partition coefficient (Wildman–Crippen LogP) is 3.39. The van der Waals surface area contributed by atoms with E-state index >= 15 is 0 Å². The van der Waals surface area contributed by atoms with Crippen LogP contribution in [0.1, 0.15) is 36.0 Å². The van der Waals surface area contributed by atoms with E-state index in [-0.39, 0.29) is 6.42 Å². The zero-order chi connectivity index (χ0) is 13.2. The van der Waals surface area contributed by atoms with Crippen molar-refractivity contribution >= 4 is 0 Å². The maximum absolute atomic E-state index is 12.1. The van der Waals surface area contributed by atoms with Crippen molar-refractivity contribution in [3.8, 4) is 0 Å². The Morgan fingerprint density at radius 2 is 1.89 bits per heavy atom. The number of hydrogen-bond acceptors (Lipinski definition) is 1. The van der Waals surface area contributed by atoms with E-state index in [0.717, 1.165) is 18.4 Å². The summed E-state index contributed by atoms with van der Waals surface area (Å²) in [7, 11) is 0. The highest BCUT2D eigenvalue weighted by molar-refractivity contribution is 5.35. The maximum Gasteiger partial charge on any atom is 0.389 e. The summed E-state index contributed by atoms with van der Waals surface area (Å²) >= 11 is 0. The first-order valence-electron chi connectivity index (χ1n) is 6.37. The molecule has 1 aliphatic rings. The van der Waals surface area contributed by atoms with Crippen LogP contribution in [-0.2, 0) is 19.3 Å². The average molecular weight is 257 g/mol. The maximum atomic E-state index is 12.1. The van der Waals surface area contributed by atoms with Crippen LogP contribution in [0.2, 0.25) is 0 Å². The molecule has 0 aromatic heterocycles. The van der Waals surface area contributed by atoms with E-state index in [1.807, 2.05) is 6.07 Å². The van der Waals surface area contributed by atoms with Crippen molar-refractivity contribution in [1.29, 1.82) is 0 Å².